The van der Waals surface area contributed by atoms with Crippen molar-refractivity contribution in [2.45, 2.75) is 38.9 Å². The van der Waals surface area contributed by atoms with Gasteiger partial charge in [0.15, 0.2) is 0 Å². The van der Waals surface area contributed by atoms with E-state index in [1.54, 1.807) is 0 Å². The van der Waals surface area contributed by atoms with Crippen molar-refractivity contribution in [2.24, 2.45) is 5.92 Å². The molecule has 2 N–H and O–H groups in total. The lowest BCUT2D eigenvalue weighted by Crippen LogP contribution is -2.29. The highest BCUT2D eigenvalue weighted by Crippen LogP contribution is 2.39. The molecule has 1 heterocycles. The van der Waals surface area contributed by atoms with E-state index in [-0.39, 0.29) is 0 Å². The lowest BCUT2D eigenvalue weighted by atomic mass is 10.1. The van der Waals surface area contributed by atoms with E-state index in [1.165, 1.54) is 24.0 Å². The molecule has 2 heteroatoms. The van der Waals surface area contributed by atoms with Crippen LogP contribution in [0.5, 0.6) is 0 Å². The summed E-state index contributed by atoms with van der Waals surface area (Å²) >= 11 is 0. The summed E-state index contributed by atoms with van der Waals surface area (Å²) in [5.74, 6) is 0.945. The van der Waals surface area contributed by atoms with Crippen LogP contribution < -0.4 is 5.73 Å². The van der Waals surface area contributed by atoms with Gasteiger partial charge in [-0.1, -0.05) is 12.1 Å². The number of nitrogens with zero attached hydrogens (tertiary/aromatic N) is 1. The van der Waals surface area contributed by atoms with Gasteiger partial charge >= 0.3 is 0 Å². The van der Waals surface area contributed by atoms with Crippen LogP contribution in [0.15, 0.2) is 18.2 Å². The molecule has 15 heavy (non-hydrogen) atoms. The maximum atomic E-state index is 6.00. The number of hydrogen-bond acceptors (Lipinski definition) is 2. The minimum atomic E-state index is 0.733. The topological polar surface area (TPSA) is 29.3 Å². The normalized spacial score (nSPS) is 22.7. The first kappa shape index (κ1) is 9.22. The number of benzene rings is 1. The van der Waals surface area contributed by atoms with Gasteiger partial charge in [0.1, 0.15) is 0 Å². The second-order valence-corrected chi connectivity index (χ2v) is 4.97. The van der Waals surface area contributed by atoms with Crippen molar-refractivity contribution in [3.63, 3.8) is 0 Å². The van der Waals surface area contributed by atoms with Crippen molar-refractivity contribution >= 4 is 5.69 Å². The Hall–Kier alpha value is -1.02. The summed E-state index contributed by atoms with van der Waals surface area (Å²) in [4.78, 5) is 2.57. The molecule has 1 aliphatic heterocycles. The Morgan fingerprint density at radius 2 is 2.13 bits per heavy atom. The van der Waals surface area contributed by atoms with Gasteiger partial charge < -0.3 is 5.73 Å². The molecule has 0 spiro atoms. The van der Waals surface area contributed by atoms with Gasteiger partial charge in [-0.05, 0) is 42.9 Å². The third kappa shape index (κ3) is 1.53. The van der Waals surface area contributed by atoms with E-state index >= 15 is 0 Å². The Labute approximate surface area is 91.1 Å². The summed E-state index contributed by atoms with van der Waals surface area (Å²) in [6.07, 6.45) is 2.84. The number of anilines is 1. The molecule has 0 amide bonds. The number of fused-ring (bicyclic) bond motifs is 1. The van der Waals surface area contributed by atoms with Crippen LogP contribution in [0.25, 0.3) is 0 Å². The largest absolute Gasteiger partial charge is 0.398 e. The molecule has 1 atom stereocenters. The van der Waals surface area contributed by atoms with E-state index in [4.69, 9.17) is 5.73 Å². The average Bonchev–Trinajstić information content (AvgIpc) is 2.97. The number of nitrogens with two attached hydrogens (primary N) is 1. The maximum Gasteiger partial charge on any atom is 0.0363 e. The van der Waals surface area contributed by atoms with E-state index in [0.29, 0.717) is 0 Å². The van der Waals surface area contributed by atoms with Crippen molar-refractivity contribution in [3.05, 3.63) is 29.3 Å². The van der Waals surface area contributed by atoms with Crippen molar-refractivity contribution in [1.82, 2.24) is 4.90 Å². The van der Waals surface area contributed by atoms with Gasteiger partial charge in [0.2, 0.25) is 0 Å². The molecule has 0 saturated heterocycles. The monoisotopic (exact) mass is 202 g/mol. The molecule has 3 rings (SSSR count). The zero-order valence-corrected chi connectivity index (χ0v) is 9.24. The summed E-state index contributed by atoms with van der Waals surface area (Å²) < 4.78 is 0. The average molecular weight is 202 g/mol. The Bertz CT molecular complexity index is 382. The highest BCUT2D eigenvalue weighted by atomic mass is 15.2. The molecule has 1 fully saturated rings. The van der Waals surface area contributed by atoms with Gasteiger partial charge in [-0.3, -0.25) is 4.90 Å². The van der Waals surface area contributed by atoms with Crippen LogP contribution in [0.3, 0.4) is 0 Å². The van der Waals surface area contributed by atoms with Crippen molar-refractivity contribution < 1.29 is 0 Å². The van der Waals surface area contributed by atoms with Gasteiger partial charge in [0, 0.05) is 24.8 Å². The zero-order chi connectivity index (χ0) is 10.4. The van der Waals surface area contributed by atoms with E-state index in [1.807, 2.05) is 6.07 Å². The van der Waals surface area contributed by atoms with Crippen LogP contribution in [-0.2, 0) is 13.1 Å². The molecule has 1 aliphatic carbocycles. The minimum Gasteiger partial charge on any atom is -0.398 e. The quantitative estimate of drug-likeness (QED) is 0.746. The summed E-state index contributed by atoms with van der Waals surface area (Å²) in [7, 11) is 0. The fraction of sp³-hybridized carbons (Fsp3) is 0.538. The second-order valence-electron chi connectivity index (χ2n) is 4.97. The number of hydrogen-bond donors (Lipinski definition) is 1. The maximum absolute atomic E-state index is 6.00. The van der Waals surface area contributed by atoms with E-state index in [2.05, 4.69) is 24.0 Å². The van der Waals surface area contributed by atoms with Crippen LogP contribution in [0.4, 0.5) is 5.69 Å². The molecule has 0 bridgehead atoms. The Kier molecular flexibility index (Phi) is 1.99. The first-order chi connectivity index (χ1) is 7.25. The molecular formula is C13H18N2. The molecule has 2 aliphatic rings. The zero-order valence-electron chi connectivity index (χ0n) is 9.24. The second kappa shape index (κ2) is 3.24. The SMILES string of the molecule is CC(C1CC1)N1Cc2cccc(N)c2C1. The van der Waals surface area contributed by atoms with Crippen LogP contribution in [-0.4, -0.2) is 10.9 Å². The fourth-order valence-corrected chi connectivity index (χ4v) is 2.64. The third-order valence-electron chi connectivity index (χ3n) is 3.92. The molecule has 80 valence electrons. The Balaban J connectivity index is 1.82. The van der Waals surface area contributed by atoms with Crippen molar-refractivity contribution in [3.8, 4) is 0 Å². The smallest absolute Gasteiger partial charge is 0.0363 e. The highest BCUT2D eigenvalue weighted by Gasteiger charge is 2.34. The standard InChI is InChI=1S/C13H18N2/c1-9(10-5-6-10)15-7-11-3-2-4-13(14)12(11)8-15/h2-4,9-10H,5-8,14H2,1H3. The first-order valence-corrected chi connectivity index (χ1v) is 5.86. The third-order valence-corrected chi connectivity index (χ3v) is 3.92. The van der Waals surface area contributed by atoms with Crippen molar-refractivity contribution in [2.75, 3.05) is 5.73 Å². The first-order valence-electron chi connectivity index (χ1n) is 5.86. The van der Waals surface area contributed by atoms with Gasteiger partial charge in [0.05, 0.1) is 0 Å². The van der Waals surface area contributed by atoms with Crippen LogP contribution >= 0.6 is 0 Å². The van der Waals surface area contributed by atoms with E-state index < -0.39 is 0 Å². The van der Waals surface area contributed by atoms with Gasteiger partial charge in [-0.15, -0.1) is 0 Å². The summed E-state index contributed by atoms with van der Waals surface area (Å²) in [6, 6.07) is 7.03. The number of rotatable bonds is 2. The van der Waals surface area contributed by atoms with Crippen LogP contribution in [0, 0.1) is 5.92 Å². The van der Waals surface area contributed by atoms with Gasteiger partial charge in [-0.2, -0.15) is 0 Å². The molecule has 1 unspecified atom stereocenters. The Morgan fingerprint density at radius 1 is 1.33 bits per heavy atom. The Morgan fingerprint density at radius 3 is 2.80 bits per heavy atom. The van der Waals surface area contributed by atoms with Crippen LogP contribution in [0.1, 0.15) is 30.9 Å². The molecular weight excluding hydrogens is 184 g/mol. The summed E-state index contributed by atoms with van der Waals surface area (Å²) in [6.45, 7) is 4.51. The van der Waals surface area contributed by atoms with Gasteiger partial charge in [0.25, 0.3) is 0 Å². The lowest BCUT2D eigenvalue weighted by molar-refractivity contribution is 0.192. The van der Waals surface area contributed by atoms with E-state index in [9.17, 15) is 0 Å². The predicted molar refractivity (Wildman–Crippen MR) is 62.3 cm³/mol. The number of nitrogen functional groups attached to an aromatic ring is 1. The predicted octanol–water partition coefficient (Wildman–Crippen LogP) is 2.38. The molecule has 0 aromatic heterocycles. The summed E-state index contributed by atoms with van der Waals surface area (Å²) in [5.41, 5.74) is 9.77. The van der Waals surface area contributed by atoms with Crippen molar-refractivity contribution in [1.29, 1.82) is 0 Å². The molecule has 1 aromatic rings. The highest BCUT2D eigenvalue weighted by molar-refractivity contribution is 5.52. The fourth-order valence-electron chi connectivity index (χ4n) is 2.64. The lowest BCUT2D eigenvalue weighted by Gasteiger charge is -2.23. The van der Waals surface area contributed by atoms with Crippen LogP contribution in [0.2, 0.25) is 0 Å². The molecule has 2 nitrogen and oxygen atoms in total. The molecule has 1 saturated carbocycles. The minimum absolute atomic E-state index is 0.733. The summed E-state index contributed by atoms with van der Waals surface area (Å²) in [5, 5.41) is 0. The van der Waals surface area contributed by atoms with E-state index in [0.717, 1.165) is 30.7 Å². The molecule has 0 radical (unpaired) electrons. The molecule has 1 aromatic carbocycles. The van der Waals surface area contributed by atoms with Gasteiger partial charge in [-0.25, -0.2) is 0 Å².